The van der Waals surface area contributed by atoms with Gasteiger partial charge in [-0.1, -0.05) is 24.3 Å². The van der Waals surface area contributed by atoms with Gasteiger partial charge >= 0.3 is 0 Å². The van der Waals surface area contributed by atoms with Crippen molar-refractivity contribution in [2.75, 3.05) is 18.0 Å². The second kappa shape index (κ2) is 7.78. The van der Waals surface area contributed by atoms with Crippen LogP contribution in [0, 0.1) is 0 Å². The summed E-state index contributed by atoms with van der Waals surface area (Å²) in [6.45, 7) is 5.32. The molecular weight excluding hydrogens is 366 g/mol. The van der Waals surface area contributed by atoms with E-state index in [9.17, 15) is 9.59 Å². The van der Waals surface area contributed by atoms with Crippen molar-refractivity contribution in [1.29, 1.82) is 0 Å². The Morgan fingerprint density at radius 3 is 2.72 bits per heavy atom. The molecule has 0 atom stereocenters. The molecule has 1 fully saturated rings. The van der Waals surface area contributed by atoms with Crippen molar-refractivity contribution in [3.63, 3.8) is 0 Å². The molecule has 0 radical (unpaired) electrons. The lowest BCUT2D eigenvalue weighted by atomic mass is 10.1. The quantitative estimate of drug-likeness (QED) is 0.792. The monoisotopic (exact) mass is 393 g/mol. The highest BCUT2D eigenvalue weighted by molar-refractivity contribution is 5.94. The molecule has 2 aromatic rings. The van der Waals surface area contributed by atoms with Crippen LogP contribution in [0.3, 0.4) is 0 Å². The Hall–Kier alpha value is -3.02. The summed E-state index contributed by atoms with van der Waals surface area (Å²) in [6.07, 6.45) is 2.12. The number of benzene rings is 2. The molecule has 152 valence electrons. The van der Waals surface area contributed by atoms with Crippen molar-refractivity contribution < 1.29 is 14.3 Å². The van der Waals surface area contributed by atoms with Gasteiger partial charge in [0.2, 0.25) is 5.91 Å². The molecule has 0 saturated heterocycles. The summed E-state index contributed by atoms with van der Waals surface area (Å²) in [6, 6.07) is 15.5. The van der Waals surface area contributed by atoms with Crippen molar-refractivity contribution in [2.24, 2.45) is 0 Å². The third-order valence-electron chi connectivity index (χ3n) is 5.09. The molecule has 1 saturated carbocycles. The minimum Gasteiger partial charge on any atom is -0.484 e. The minimum absolute atomic E-state index is 0.0483. The summed E-state index contributed by atoms with van der Waals surface area (Å²) >= 11 is 0. The van der Waals surface area contributed by atoms with Gasteiger partial charge in [0.15, 0.2) is 0 Å². The maximum Gasteiger partial charge on any atom is 0.251 e. The molecule has 2 aliphatic rings. The van der Waals surface area contributed by atoms with Crippen LogP contribution in [0.2, 0.25) is 0 Å². The van der Waals surface area contributed by atoms with Gasteiger partial charge in [0.05, 0.1) is 18.8 Å². The van der Waals surface area contributed by atoms with Crippen LogP contribution in [0.1, 0.15) is 42.6 Å². The van der Waals surface area contributed by atoms with E-state index in [1.54, 1.807) is 6.07 Å². The normalized spacial score (nSPS) is 17.1. The lowest BCUT2D eigenvalue weighted by molar-refractivity contribution is -0.120. The summed E-state index contributed by atoms with van der Waals surface area (Å²) in [7, 11) is 0. The molecule has 0 unspecified atom stereocenters. The van der Waals surface area contributed by atoms with Crippen molar-refractivity contribution in [3.8, 4) is 5.75 Å². The highest BCUT2D eigenvalue weighted by Gasteiger charge is 2.32. The molecule has 6 nitrogen and oxygen atoms in total. The standard InChI is InChI=1S/C23H27N3O3/c1-23(2)15-26(19-8-3-4-9-20(19)29-23)14-21(27)24-13-16-6-5-7-17(12-16)22(28)25-18-10-11-18/h3-9,12,18H,10-11,13-15H2,1-2H3,(H,24,27)(H,25,28). The van der Waals surface area contributed by atoms with Gasteiger partial charge in [0.25, 0.3) is 5.91 Å². The van der Waals surface area contributed by atoms with Crippen molar-refractivity contribution in [2.45, 2.75) is 44.9 Å². The summed E-state index contributed by atoms with van der Waals surface area (Å²) in [5.41, 5.74) is 2.11. The number of amides is 2. The first-order valence-electron chi connectivity index (χ1n) is 10.1. The number of rotatable bonds is 6. The van der Waals surface area contributed by atoms with Gasteiger partial charge in [-0.2, -0.15) is 0 Å². The van der Waals surface area contributed by atoms with E-state index in [2.05, 4.69) is 10.6 Å². The number of para-hydroxylation sites is 2. The van der Waals surface area contributed by atoms with Gasteiger partial charge in [0.1, 0.15) is 11.4 Å². The molecule has 0 aromatic heterocycles. The molecule has 1 aliphatic carbocycles. The fraction of sp³-hybridized carbons (Fsp3) is 0.391. The number of fused-ring (bicyclic) bond motifs is 1. The summed E-state index contributed by atoms with van der Waals surface area (Å²) in [4.78, 5) is 26.9. The Labute approximate surface area is 171 Å². The van der Waals surface area contributed by atoms with E-state index in [1.807, 2.05) is 61.2 Å². The zero-order chi connectivity index (χ0) is 20.4. The number of ether oxygens (including phenoxy) is 1. The van der Waals surface area contributed by atoms with Crippen LogP contribution in [0.4, 0.5) is 5.69 Å². The summed E-state index contributed by atoms with van der Waals surface area (Å²) < 4.78 is 6.02. The first-order valence-corrected chi connectivity index (χ1v) is 10.1. The van der Waals surface area contributed by atoms with Gasteiger partial charge in [-0.05, 0) is 56.5 Å². The van der Waals surface area contributed by atoms with E-state index >= 15 is 0 Å². The predicted octanol–water partition coefficient (Wildman–Crippen LogP) is 2.87. The Morgan fingerprint density at radius 2 is 1.93 bits per heavy atom. The number of carbonyl (C=O) groups excluding carboxylic acids is 2. The first kappa shape index (κ1) is 19.3. The Kier molecular flexibility index (Phi) is 5.18. The van der Waals surface area contributed by atoms with Crippen LogP contribution < -0.4 is 20.3 Å². The van der Waals surface area contributed by atoms with Crippen LogP contribution in [0.15, 0.2) is 48.5 Å². The molecule has 1 aliphatic heterocycles. The smallest absolute Gasteiger partial charge is 0.251 e. The Balaban J connectivity index is 1.36. The third kappa shape index (κ3) is 4.88. The van der Waals surface area contributed by atoms with Gasteiger partial charge < -0.3 is 20.3 Å². The number of carbonyl (C=O) groups is 2. The van der Waals surface area contributed by atoms with Crippen LogP contribution in [0.5, 0.6) is 5.75 Å². The van der Waals surface area contributed by atoms with Gasteiger partial charge in [-0.15, -0.1) is 0 Å². The highest BCUT2D eigenvalue weighted by Crippen LogP contribution is 2.36. The molecule has 2 N–H and O–H groups in total. The fourth-order valence-corrected chi connectivity index (χ4v) is 3.57. The average molecular weight is 393 g/mol. The largest absolute Gasteiger partial charge is 0.484 e. The zero-order valence-corrected chi connectivity index (χ0v) is 16.9. The number of hydrogen-bond donors (Lipinski definition) is 2. The Morgan fingerprint density at radius 1 is 1.14 bits per heavy atom. The second-order valence-corrected chi connectivity index (χ2v) is 8.41. The maximum atomic E-state index is 12.6. The van der Waals surface area contributed by atoms with E-state index in [-0.39, 0.29) is 24.0 Å². The van der Waals surface area contributed by atoms with Crippen LogP contribution in [-0.4, -0.2) is 36.5 Å². The number of hydrogen-bond acceptors (Lipinski definition) is 4. The molecule has 6 heteroatoms. The SMILES string of the molecule is CC1(C)CN(CC(=O)NCc2cccc(C(=O)NC3CC3)c2)c2ccccc2O1. The predicted molar refractivity (Wildman–Crippen MR) is 112 cm³/mol. The number of nitrogens with zero attached hydrogens (tertiary/aromatic N) is 1. The zero-order valence-electron chi connectivity index (χ0n) is 16.9. The number of nitrogens with one attached hydrogen (secondary N) is 2. The van der Waals surface area contributed by atoms with Crippen molar-refractivity contribution in [3.05, 3.63) is 59.7 Å². The molecule has 2 aromatic carbocycles. The van der Waals surface area contributed by atoms with Gasteiger partial charge in [-0.3, -0.25) is 9.59 Å². The molecule has 0 bridgehead atoms. The average Bonchev–Trinajstić information content (AvgIpc) is 3.50. The molecule has 0 spiro atoms. The minimum atomic E-state index is -0.363. The van der Waals surface area contributed by atoms with E-state index in [1.165, 1.54) is 0 Å². The second-order valence-electron chi connectivity index (χ2n) is 8.41. The van der Waals surface area contributed by atoms with Crippen LogP contribution >= 0.6 is 0 Å². The fourth-order valence-electron chi connectivity index (χ4n) is 3.57. The molecule has 4 rings (SSSR count). The lowest BCUT2D eigenvalue weighted by Gasteiger charge is -2.40. The third-order valence-corrected chi connectivity index (χ3v) is 5.09. The topological polar surface area (TPSA) is 70.7 Å². The van der Waals surface area contributed by atoms with Crippen molar-refractivity contribution in [1.82, 2.24) is 10.6 Å². The van der Waals surface area contributed by atoms with Crippen molar-refractivity contribution >= 4 is 17.5 Å². The van der Waals surface area contributed by atoms with E-state index in [4.69, 9.17) is 4.74 Å². The molecule has 1 heterocycles. The van der Waals surface area contributed by atoms with Crippen LogP contribution in [-0.2, 0) is 11.3 Å². The van der Waals surface area contributed by atoms with Crippen LogP contribution in [0.25, 0.3) is 0 Å². The molecule has 2 amide bonds. The maximum absolute atomic E-state index is 12.6. The Bertz CT molecular complexity index is 921. The molecular formula is C23H27N3O3. The lowest BCUT2D eigenvalue weighted by Crippen LogP contribution is -2.50. The van der Waals surface area contributed by atoms with E-state index in [0.717, 1.165) is 29.8 Å². The highest BCUT2D eigenvalue weighted by atomic mass is 16.5. The van der Waals surface area contributed by atoms with E-state index < -0.39 is 0 Å². The van der Waals surface area contributed by atoms with Gasteiger partial charge in [0, 0.05) is 18.2 Å². The summed E-state index contributed by atoms with van der Waals surface area (Å²) in [5.74, 6) is 0.684. The first-order chi connectivity index (χ1) is 13.9. The molecule has 29 heavy (non-hydrogen) atoms. The summed E-state index contributed by atoms with van der Waals surface area (Å²) in [5, 5.41) is 5.96. The number of anilines is 1. The van der Waals surface area contributed by atoms with E-state index in [0.29, 0.717) is 24.7 Å². The van der Waals surface area contributed by atoms with Gasteiger partial charge in [-0.25, -0.2) is 0 Å².